The zero-order chi connectivity index (χ0) is 19.5. The topological polar surface area (TPSA) is 82.5 Å². The molecule has 0 saturated carbocycles. The van der Waals surface area contributed by atoms with Crippen molar-refractivity contribution < 1.29 is 19.1 Å². The Kier molecular flexibility index (Phi) is 5.08. The van der Waals surface area contributed by atoms with Crippen LogP contribution >= 0.6 is 0 Å². The summed E-state index contributed by atoms with van der Waals surface area (Å²) < 4.78 is 12.7. The molecule has 28 heavy (non-hydrogen) atoms. The molecule has 1 N–H and O–H groups in total. The van der Waals surface area contributed by atoms with Crippen molar-refractivity contribution in [2.45, 2.75) is 25.5 Å². The van der Waals surface area contributed by atoms with E-state index >= 15 is 0 Å². The summed E-state index contributed by atoms with van der Waals surface area (Å²) in [6, 6.07) is 10.8. The number of hydrogen-bond acceptors (Lipinski definition) is 5. The molecule has 3 heterocycles. The number of nitrogens with one attached hydrogen (secondary N) is 1. The minimum Gasteiger partial charge on any atom is -0.481 e. The number of para-hydroxylation sites is 1. The van der Waals surface area contributed by atoms with E-state index in [1.807, 2.05) is 28.8 Å². The average molecular weight is 379 g/mol. The van der Waals surface area contributed by atoms with E-state index in [1.54, 1.807) is 18.3 Å². The maximum Gasteiger partial charge on any atom is 0.296 e. The zero-order valence-corrected chi connectivity index (χ0v) is 15.6. The Balaban J connectivity index is 1.58. The predicted octanol–water partition coefficient (Wildman–Crippen LogP) is 3.05. The molecule has 0 spiro atoms. The highest BCUT2D eigenvalue weighted by Crippen LogP contribution is 2.25. The quantitative estimate of drug-likeness (QED) is 0.526. The van der Waals surface area contributed by atoms with Crippen LogP contribution < -0.4 is 10.1 Å². The minimum absolute atomic E-state index is 0.137. The number of nitrogens with zero attached hydrogens (tertiary/aromatic N) is 2. The number of anilines is 1. The SMILES string of the molecule is COc1ccc(NC(=O)C(=O)c2cn(CC3CCCO3)c3ccccc23)cn1. The highest BCUT2D eigenvalue weighted by atomic mass is 16.5. The van der Waals surface area contributed by atoms with Crippen molar-refractivity contribution in [2.75, 3.05) is 19.0 Å². The third-order valence-electron chi connectivity index (χ3n) is 4.87. The summed E-state index contributed by atoms with van der Waals surface area (Å²) >= 11 is 0. The van der Waals surface area contributed by atoms with Gasteiger partial charge in [-0.2, -0.15) is 0 Å². The van der Waals surface area contributed by atoms with Gasteiger partial charge in [0.25, 0.3) is 11.7 Å². The second-order valence-corrected chi connectivity index (χ2v) is 6.72. The number of aromatic nitrogens is 2. The molecular weight excluding hydrogens is 358 g/mol. The van der Waals surface area contributed by atoms with Crippen LogP contribution in [0.1, 0.15) is 23.2 Å². The number of hydrogen-bond donors (Lipinski definition) is 1. The normalized spacial score (nSPS) is 16.2. The van der Waals surface area contributed by atoms with Crippen molar-refractivity contribution in [1.82, 2.24) is 9.55 Å². The number of carbonyl (C=O) groups excluding carboxylic acids is 2. The Morgan fingerprint density at radius 3 is 2.86 bits per heavy atom. The van der Waals surface area contributed by atoms with Gasteiger partial charge in [0.2, 0.25) is 5.88 Å². The Labute approximate surface area is 162 Å². The van der Waals surface area contributed by atoms with Crippen molar-refractivity contribution in [3.8, 4) is 5.88 Å². The smallest absolute Gasteiger partial charge is 0.296 e. The lowest BCUT2D eigenvalue weighted by atomic mass is 10.1. The van der Waals surface area contributed by atoms with Crippen LogP contribution in [0.2, 0.25) is 0 Å². The summed E-state index contributed by atoms with van der Waals surface area (Å²) in [6.45, 7) is 1.44. The summed E-state index contributed by atoms with van der Waals surface area (Å²) in [5, 5.41) is 3.36. The van der Waals surface area contributed by atoms with Crippen molar-refractivity contribution in [3.05, 3.63) is 54.4 Å². The molecular formula is C21H21N3O4. The van der Waals surface area contributed by atoms with Crippen LogP contribution in [-0.2, 0) is 16.1 Å². The fourth-order valence-corrected chi connectivity index (χ4v) is 3.47. The van der Waals surface area contributed by atoms with Crippen molar-refractivity contribution in [1.29, 1.82) is 0 Å². The van der Waals surface area contributed by atoms with Gasteiger partial charge in [-0.05, 0) is 25.0 Å². The van der Waals surface area contributed by atoms with E-state index < -0.39 is 11.7 Å². The third-order valence-corrected chi connectivity index (χ3v) is 4.87. The maximum atomic E-state index is 12.8. The zero-order valence-electron chi connectivity index (χ0n) is 15.6. The van der Waals surface area contributed by atoms with Gasteiger partial charge in [-0.25, -0.2) is 4.98 Å². The van der Waals surface area contributed by atoms with E-state index in [-0.39, 0.29) is 6.10 Å². The number of carbonyl (C=O) groups is 2. The molecule has 4 rings (SSSR count). The average Bonchev–Trinajstić information content (AvgIpc) is 3.37. The molecule has 1 unspecified atom stereocenters. The fraction of sp³-hybridized carbons (Fsp3) is 0.286. The Bertz CT molecular complexity index is 1000. The van der Waals surface area contributed by atoms with Crippen LogP contribution in [0.5, 0.6) is 5.88 Å². The number of ketones is 1. The maximum absolute atomic E-state index is 12.8. The standard InChI is InChI=1S/C21H21N3O4/c1-27-19-9-8-14(11-22-19)23-21(26)20(25)17-13-24(12-15-5-4-10-28-15)18-7-3-2-6-16(17)18/h2-3,6-9,11,13,15H,4-5,10,12H2,1H3,(H,23,26). The second kappa shape index (κ2) is 7.82. The van der Waals surface area contributed by atoms with Gasteiger partial charge in [-0.15, -0.1) is 0 Å². The van der Waals surface area contributed by atoms with Gasteiger partial charge in [0, 0.05) is 36.3 Å². The van der Waals surface area contributed by atoms with Gasteiger partial charge in [0.05, 0.1) is 30.7 Å². The minimum atomic E-state index is -0.702. The molecule has 0 radical (unpaired) electrons. The van der Waals surface area contributed by atoms with Gasteiger partial charge in [-0.3, -0.25) is 9.59 Å². The van der Waals surface area contributed by atoms with Gasteiger partial charge in [0.15, 0.2) is 0 Å². The first kappa shape index (κ1) is 18.2. The van der Waals surface area contributed by atoms with Gasteiger partial charge in [-0.1, -0.05) is 18.2 Å². The molecule has 7 heteroatoms. The number of fused-ring (bicyclic) bond motifs is 1. The Morgan fingerprint density at radius 1 is 1.29 bits per heavy atom. The summed E-state index contributed by atoms with van der Waals surface area (Å²) in [6.07, 6.45) is 5.39. The number of methoxy groups -OCH3 is 1. The highest BCUT2D eigenvalue weighted by molar-refractivity contribution is 6.48. The van der Waals surface area contributed by atoms with E-state index in [9.17, 15) is 9.59 Å². The number of Topliss-reactive ketones (excluding diaryl/α,β-unsaturated/α-hetero) is 1. The molecule has 3 aromatic rings. The van der Waals surface area contributed by atoms with Crippen LogP contribution in [0.15, 0.2) is 48.8 Å². The summed E-state index contributed by atoms with van der Waals surface area (Å²) in [7, 11) is 1.51. The van der Waals surface area contributed by atoms with Crippen molar-refractivity contribution in [2.24, 2.45) is 0 Å². The van der Waals surface area contributed by atoms with Gasteiger partial charge in [0.1, 0.15) is 0 Å². The predicted molar refractivity (Wildman–Crippen MR) is 105 cm³/mol. The number of ether oxygens (including phenoxy) is 2. The highest BCUT2D eigenvalue weighted by Gasteiger charge is 2.23. The largest absolute Gasteiger partial charge is 0.481 e. The Hall–Kier alpha value is -3.19. The molecule has 1 aliphatic rings. The van der Waals surface area contributed by atoms with E-state index in [0.717, 1.165) is 30.4 Å². The monoisotopic (exact) mass is 379 g/mol. The Morgan fingerprint density at radius 2 is 2.14 bits per heavy atom. The van der Waals surface area contributed by atoms with Crippen LogP contribution in [0.25, 0.3) is 10.9 Å². The molecule has 1 fully saturated rings. The molecule has 1 amide bonds. The first-order chi connectivity index (χ1) is 13.7. The molecule has 1 saturated heterocycles. The molecule has 144 valence electrons. The van der Waals surface area contributed by atoms with E-state index in [0.29, 0.717) is 23.7 Å². The first-order valence-corrected chi connectivity index (χ1v) is 9.21. The lowest BCUT2D eigenvalue weighted by molar-refractivity contribution is -0.112. The summed E-state index contributed by atoms with van der Waals surface area (Å²) in [5.74, 6) is -0.855. The summed E-state index contributed by atoms with van der Waals surface area (Å²) in [4.78, 5) is 29.4. The number of amides is 1. The van der Waals surface area contributed by atoms with E-state index in [4.69, 9.17) is 9.47 Å². The second-order valence-electron chi connectivity index (χ2n) is 6.72. The molecule has 0 aliphatic carbocycles. The molecule has 0 bridgehead atoms. The van der Waals surface area contributed by atoms with Crippen LogP contribution in [-0.4, -0.2) is 41.1 Å². The summed E-state index contributed by atoms with van der Waals surface area (Å²) in [5.41, 5.74) is 1.73. The van der Waals surface area contributed by atoms with Gasteiger partial charge >= 0.3 is 0 Å². The van der Waals surface area contributed by atoms with Crippen LogP contribution in [0.4, 0.5) is 5.69 Å². The van der Waals surface area contributed by atoms with Crippen molar-refractivity contribution in [3.63, 3.8) is 0 Å². The molecule has 1 aliphatic heterocycles. The molecule has 7 nitrogen and oxygen atoms in total. The lowest BCUT2D eigenvalue weighted by Gasteiger charge is -2.11. The molecule has 1 aromatic carbocycles. The van der Waals surface area contributed by atoms with E-state index in [2.05, 4.69) is 10.3 Å². The molecule has 1 atom stereocenters. The van der Waals surface area contributed by atoms with Crippen molar-refractivity contribution >= 4 is 28.3 Å². The van der Waals surface area contributed by atoms with Crippen LogP contribution in [0.3, 0.4) is 0 Å². The van der Waals surface area contributed by atoms with Crippen LogP contribution in [0, 0.1) is 0 Å². The first-order valence-electron chi connectivity index (χ1n) is 9.21. The third kappa shape index (κ3) is 3.61. The molecule has 2 aromatic heterocycles. The number of pyridine rings is 1. The van der Waals surface area contributed by atoms with E-state index in [1.165, 1.54) is 13.3 Å². The fourth-order valence-electron chi connectivity index (χ4n) is 3.47. The number of rotatable bonds is 6. The lowest BCUT2D eigenvalue weighted by Crippen LogP contribution is -2.23. The number of benzene rings is 1. The van der Waals surface area contributed by atoms with Gasteiger partial charge < -0.3 is 19.4 Å².